The van der Waals surface area contributed by atoms with E-state index < -0.39 is 18.0 Å². The van der Waals surface area contributed by atoms with Gasteiger partial charge in [-0.2, -0.15) is 0 Å². The lowest BCUT2D eigenvalue weighted by atomic mass is 9.93. The molecule has 0 saturated heterocycles. The highest BCUT2D eigenvalue weighted by Crippen LogP contribution is 2.21. The maximum absolute atomic E-state index is 13.3. The van der Waals surface area contributed by atoms with Crippen molar-refractivity contribution in [1.82, 2.24) is 5.32 Å². The highest BCUT2D eigenvalue weighted by atomic mass is 19.1. The number of benzene rings is 1. The molecule has 0 spiro atoms. The standard InChI is InChI=1S/C14H19FN2O3/c1-20-11-7-9(15)6-10(8-11)16-14(19)17-12-4-2-3-5-13(12)18/h6-8,12-13,18H,2-5H2,1H3,(H2,16,17,19). The predicted octanol–water partition coefficient (Wildman–Crippen LogP) is 2.26. The number of ether oxygens (including phenoxy) is 1. The lowest BCUT2D eigenvalue weighted by Crippen LogP contribution is -2.46. The van der Waals surface area contributed by atoms with Crippen molar-refractivity contribution in [3.63, 3.8) is 0 Å². The highest BCUT2D eigenvalue weighted by molar-refractivity contribution is 5.89. The third kappa shape index (κ3) is 3.84. The SMILES string of the molecule is COc1cc(F)cc(NC(=O)NC2CCCCC2O)c1. The molecule has 0 radical (unpaired) electrons. The zero-order valence-electron chi connectivity index (χ0n) is 11.4. The summed E-state index contributed by atoms with van der Waals surface area (Å²) >= 11 is 0. The molecule has 0 aromatic heterocycles. The Morgan fingerprint density at radius 1 is 1.35 bits per heavy atom. The lowest BCUT2D eigenvalue weighted by Gasteiger charge is -2.28. The van der Waals surface area contributed by atoms with Crippen LogP contribution in [0.5, 0.6) is 5.75 Å². The molecule has 6 heteroatoms. The summed E-state index contributed by atoms with van der Waals surface area (Å²) in [5.41, 5.74) is 0.310. The Hall–Kier alpha value is -1.82. The number of nitrogens with one attached hydrogen (secondary N) is 2. The molecule has 2 amide bonds. The van der Waals surface area contributed by atoms with Crippen LogP contribution in [-0.2, 0) is 0 Å². The summed E-state index contributed by atoms with van der Waals surface area (Å²) in [6.45, 7) is 0. The van der Waals surface area contributed by atoms with Crippen LogP contribution in [0.15, 0.2) is 18.2 Å². The minimum atomic E-state index is -0.517. The molecule has 20 heavy (non-hydrogen) atoms. The summed E-state index contributed by atoms with van der Waals surface area (Å²) in [5, 5.41) is 15.0. The number of carbonyl (C=O) groups excluding carboxylic acids is 1. The number of carbonyl (C=O) groups is 1. The van der Waals surface area contributed by atoms with E-state index in [-0.39, 0.29) is 6.04 Å². The maximum atomic E-state index is 13.3. The van der Waals surface area contributed by atoms with Gasteiger partial charge in [0.15, 0.2) is 0 Å². The van der Waals surface area contributed by atoms with Crippen LogP contribution in [-0.4, -0.2) is 30.4 Å². The third-order valence-corrected chi connectivity index (χ3v) is 3.41. The van der Waals surface area contributed by atoms with Crippen molar-refractivity contribution < 1.29 is 19.0 Å². The Kier molecular flexibility index (Phi) is 4.79. The van der Waals surface area contributed by atoms with Crippen LogP contribution < -0.4 is 15.4 Å². The van der Waals surface area contributed by atoms with E-state index in [0.29, 0.717) is 17.9 Å². The van der Waals surface area contributed by atoms with Crippen molar-refractivity contribution in [3.05, 3.63) is 24.0 Å². The van der Waals surface area contributed by atoms with Gasteiger partial charge in [-0.15, -0.1) is 0 Å². The molecular weight excluding hydrogens is 263 g/mol. The van der Waals surface area contributed by atoms with E-state index in [1.807, 2.05) is 0 Å². The molecule has 0 aliphatic heterocycles. The quantitative estimate of drug-likeness (QED) is 0.796. The van der Waals surface area contributed by atoms with Crippen molar-refractivity contribution in [2.75, 3.05) is 12.4 Å². The van der Waals surface area contributed by atoms with Gasteiger partial charge in [0.1, 0.15) is 11.6 Å². The van der Waals surface area contributed by atoms with Gasteiger partial charge < -0.3 is 20.5 Å². The first-order valence-electron chi connectivity index (χ1n) is 6.68. The molecule has 2 rings (SSSR count). The van der Waals surface area contributed by atoms with Crippen LogP contribution in [0.25, 0.3) is 0 Å². The molecule has 0 heterocycles. The van der Waals surface area contributed by atoms with E-state index in [1.165, 1.54) is 25.3 Å². The Labute approximate surface area is 117 Å². The Bertz CT molecular complexity index is 481. The minimum absolute atomic E-state index is 0.251. The van der Waals surface area contributed by atoms with E-state index in [0.717, 1.165) is 19.3 Å². The van der Waals surface area contributed by atoms with Crippen molar-refractivity contribution >= 4 is 11.7 Å². The summed E-state index contributed by atoms with van der Waals surface area (Å²) in [5.74, 6) is -0.157. The molecule has 2 unspecified atom stereocenters. The van der Waals surface area contributed by atoms with E-state index >= 15 is 0 Å². The zero-order chi connectivity index (χ0) is 14.5. The second-order valence-electron chi connectivity index (χ2n) is 4.94. The maximum Gasteiger partial charge on any atom is 0.319 e. The van der Waals surface area contributed by atoms with Crippen LogP contribution in [0.3, 0.4) is 0 Å². The summed E-state index contributed by atoms with van der Waals surface area (Å²) < 4.78 is 18.2. The number of rotatable bonds is 3. The monoisotopic (exact) mass is 282 g/mol. The smallest absolute Gasteiger partial charge is 0.319 e. The van der Waals surface area contributed by atoms with Crippen LogP contribution >= 0.6 is 0 Å². The Balaban J connectivity index is 1.95. The molecule has 1 aromatic carbocycles. The Morgan fingerprint density at radius 2 is 2.10 bits per heavy atom. The second-order valence-corrected chi connectivity index (χ2v) is 4.94. The molecule has 1 aliphatic rings. The number of urea groups is 1. The average Bonchev–Trinajstić information content (AvgIpc) is 2.40. The van der Waals surface area contributed by atoms with E-state index in [2.05, 4.69) is 10.6 Å². The van der Waals surface area contributed by atoms with Crippen LogP contribution in [0.2, 0.25) is 0 Å². The van der Waals surface area contributed by atoms with E-state index in [9.17, 15) is 14.3 Å². The van der Waals surface area contributed by atoms with Gasteiger partial charge >= 0.3 is 6.03 Å². The Morgan fingerprint density at radius 3 is 2.80 bits per heavy atom. The number of anilines is 1. The lowest BCUT2D eigenvalue weighted by molar-refractivity contribution is 0.0955. The molecule has 1 aliphatic carbocycles. The van der Waals surface area contributed by atoms with Crippen molar-refractivity contribution in [2.24, 2.45) is 0 Å². The first-order valence-corrected chi connectivity index (χ1v) is 6.68. The minimum Gasteiger partial charge on any atom is -0.497 e. The molecule has 1 fully saturated rings. The van der Waals surface area contributed by atoms with Crippen LogP contribution in [0, 0.1) is 5.82 Å². The molecular formula is C14H19FN2O3. The van der Waals surface area contributed by atoms with Gasteiger partial charge in [-0.3, -0.25) is 0 Å². The number of aliphatic hydroxyl groups excluding tert-OH is 1. The topological polar surface area (TPSA) is 70.6 Å². The van der Waals surface area contributed by atoms with Crippen LogP contribution in [0.1, 0.15) is 25.7 Å². The fraction of sp³-hybridized carbons (Fsp3) is 0.500. The molecule has 0 bridgehead atoms. The number of amides is 2. The van der Waals surface area contributed by atoms with Gasteiger partial charge in [0, 0.05) is 17.8 Å². The summed E-state index contributed by atoms with van der Waals surface area (Å²) in [4.78, 5) is 11.8. The fourth-order valence-electron chi connectivity index (χ4n) is 2.37. The van der Waals surface area contributed by atoms with Gasteiger partial charge in [0.2, 0.25) is 0 Å². The first-order chi connectivity index (χ1) is 9.58. The van der Waals surface area contributed by atoms with E-state index in [4.69, 9.17) is 4.74 Å². The molecule has 5 nitrogen and oxygen atoms in total. The van der Waals surface area contributed by atoms with Gasteiger partial charge in [0.25, 0.3) is 0 Å². The van der Waals surface area contributed by atoms with Gasteiger partial charge in [-0.1, -0.05) is 12.8 Å². The van der Waals surface area contributed by atoms with Crippen molar-refractivity contribution in [2.45, 2.75) is 37.8 Å². The summed E-state index contributed by atoms with van der Waals surface area (Å²) in [6.07, 6.45) is 2.88. The third-order valence-electron chi connectivity index (χ3n) is 3.41. The number of hydrogen-bond acceptors (Lipinski definition) is 3. The second kappa shape index (κ2) is 6.56. The highest BCUT2D eigenvalue weighted by Gasteiger charge is 2.24. The number of methoxy groups -OCH3 is 1. The predicted molar refractivity (Wildman–Crippen MR) is 73.4 cm³/mol. The van der Waals surface area contributed by atoms with Crippen molar-refractivity contribution in [3.8, 4) is 5.75 Å². The average molecular weight is 282 g/mol. The van der Waals surface area contributed by atoms with Gasteiger partial charge in [-0.25, -0.2) is 9.18 Å². The van der Waals surface area contributed by atoms with Gasteiger partial charge in [0.05, 0.1) is 19.3 Å². The summed E-state index contributed by atoms with van der Waals surface area (Å²) in [7, 11) is 1.43. The number of aliphatic hydroxyl groups is 1. The molecule has 3 N–H and O–H groups in total. The normalized spacial score (nSPS) is 22.1. The zero-order valence-corrected chi connectivity index (χ0v) is 11.4. The van der Waals surface area contributed by atoms with E-state index in [1.54, 1.807) is 0 Å². The number of hydrogen-bond donors (Lipinski definition) is 3. The molecule has 1 aromatic rings. The molecule has 2 atom stereocenters. The molecule has 110 valence electrons. The van der Waals surface area contributed by atoms with Crippen LogP contribution in [0.4, 0.5) is 14.9 Å². The summed E-state index contributed by atoms with van der Waals surface area (Å²) in [6, 6.07) is 3.26. The largest absolute Gasteiger partial charge is 0.497 e. The number of halogens is 1. The first kappa shape index (κ1) is 14.6. The fourth-order valence-corrected chi connectivity index (χ4v) is 2.37. The van der Waals surface area contributed by atoms with Gasteiger partial charge in [-0.05, 0) is 18.9 Å². The molecule has 1 saturated carbocycles. The van der Waals surface area contributed by atoms with Crippen molar-refractivity contribution in [1.29, 1.82) is 0 Å².